The maximum absolute atomic E-state index is 12.8. The van der Waals surface area contributed by atoms with Crippen LogP contribution in [0.25, 0.3) is 0 Å². The van der Waals surface area contributed by atoms with Gasteiger partial charge in [-0.25, -0.2) is 0 Å². The number of unbranched alkanes of at least 4 members (excludes halogenated alkanes) is 7. The lowest BCUT2D eigenvalue weighted by molar-refractivity contribution is -0.151. The first-order valence-electron chi connectivity index (χ1n) is 20.4. The van der Waals surface area contributed by atoms with E-state index in [1.54, 1.807) is 5.57 Å². The molecule has 270 valence electrons. The molecule has 1 aromatic rings. The van der Waals surface area contributed by atoms with E-state index in [2.05, 4.69) is 87.6 Å². The second kappa shape index (κ2) is 17.9. The molecule has 0 amide bonds. The molecule has 0 bridgehead atoms. The molecule has 0 N–H and O–H groups in total. The van der Waals surface area contributed by atoms with Gasteiger partial charge in [0.05, 0.1) is 6.61 Å². The number of carbonyl (C=O) groups excluding carboxylic acids is 1. The highest BCUT2D eigenvalue weighted by molar-refractivity contribution is 14.1. The van der Waals surface area contributed by atoms with Gasteiger partial charge in [-0.2, -0.15) is 0 Å². The molecule has 3 nitrogen and oxygen atoms in total. The molecular weight excluding hydrogens is 703 g/mol. The predicted molar refractivity (Wildman–Crippen MR) is 209 cm³/mol. The Morgan fingerprint density at radius 2 is 1.54 bits per heavy atom. The summed E-state index contributed by atoms with van der Waals surface area (Å²) in [7, 11) is 0. The van der Waals surface area contributed by atoms with E-state index in [-0.39, 0.29) is 12.1 Å². The molecule has 0 spiro atoms. The van der Waals surface area contributed by atoms with Gasteiger partial charge >= 0.3 is 5.97 Å². The maximum atomic E-state index is 12.8. The van der Waals surface area contributed by atoms with Crippen LogP contribution in [0.15, 0.2) is 35.9 Å². The second-order valence-electron chi connectivity index (χ2n) is 17.5. The Morgan fingerprint density at radius 1 is 0.833 bits per heavy atom. The molecule has 0 radical (unpaired) electrons. The van der Waals surface area contributed by atoms with Gasteiger partial charge in [0.25, 0.3) is 0 Å². The summed E-state index contributed by atoms with van der Waals surface area (Å²) in [6, 6.07) is 8.28. The molecule has 8 atom stereocenters. The quantitative estimate of drug-likeness (QED) is 0.0645. The van der Waals surface area contributed by atoms with Gasteiger partial charge in [-0.05, 0) is 151 Å². The molecular formula is C44H69IO3. The highest BCUT2D eigenvalue weighted by Gasteiger charge is 2.59. The molecule has 0 unspecified atom stereocenters. The van der Waals surface area contributed by atoms with Crippen LogP contribution < -0.4 is 4.74 Å². The SMILES string of the molecule is CC(C)CCC[C@@H](C)[C@H]1CC[C@H]2[C@@H]3CC=C4C[C@@H](OC(=O)CCCCCCCCCCOc5ccc(I)cc5)CC[C@]4(C)[C@H]3CC[C@]12C. The van der Waals surface area contributed by atoms with Gasteiger partial charge in [-0.3, -0.25) is 4.79 Å². The van der Waals surface area contributed by atoms with E-state index >= 15 is 0 Å². The molecule has 3 saturated carbocycles. The number of halogens is 1. The number of carbonyl (C=O) groups is 1. The number of ether oxygens (including phenoxy) is 2. The third kappa shape index (κ3) is 9.64. The third-order valence-corrected chi connectivity index (χ3v) is 14.6. The van der Waals surface area contributed by atoms with E-state index in [1.807, 2.05) is 0 Å². The summed E-state index contributed by atoms with van der Waals surface area (Å²) in [6.07, 6.45) is 27.3. The fraction of sp³-hybridized carbons (Fsp3) is 0.795. The molecule has 4 aliphatic rings. The number of rotatable bonds is 18. The molecule has 0 aliphatic heterocycles. The van der Waals surface area contributed by atoms with Crippen molar-refractivity contribution in [3.05, 3.63) is 39.5 Å². The standard InChI is InChI=1S/C44H69IO3/c1-32(2)15-14-16-33(3)39-24-25-40-38-23-18-34-31-37(26-28-43(34,4)41(38)27-29-44(39,40)5)48-42(46)17-12-10-8-6-7-9-11-13-30-47-36-21-19-35(45)20-22-36/h18-22,32-33,37-41H,6-17,23-31H2,1-5H3/t33-,37+,38+,39-,40+,41+,43+,44-/m1/s1. The van der Waals surface area contributed by atoms with Crippen molar-refractivity contribution in [2.75, 3.05) is 6.61 Å². The highest BCUT2D eigenvalue weighted by Crippen LogP contribution is 2.67. The molecule has 3 fully saturated rings. The number of allylic oxidation sites excluding steroid dienone is 1. The summed E-state index contributed by atoms with van der Waals surface area (Å²) in [5.41, 5.74) is 2.50. The lowest BCUT2D eigenvalue weighted by atomic mass is 9.47. The average molecular weight is 773 g/mol. The molecule has 0 saturated heterocycles. The van der Waals surface area contributed by atoms with Gasteiger partial charge in [-0.1, -0.05) is 104 Å². The largest absolute Gasteiger partial charge is 0.494 e. The van der Waals surface area contributed by atoms with Crippen LogP contribution in [0.5, 0.6) is 5.75 Å². The average Bonchev–Trinajstić information content (AvgIpc) is 3.42. The Hall–Kier alpha value is -1.04. The Morgan fingerprint density at radius 3 is 2.27 bits per heavy atom. The van der Waals surface area contributed by atoms with Crippen LogP contribution in [-0.2, 0) is 9.53 Å². The normalized spacial score (nSPS) is 31.8. The minimum atomic E-state index is 0.0407. The van der Waals surface area contributed by atoms with Crippen molar-refractivity contribution in [2.45, 2.75) is 169 Å². The van der Waals surface area contributed by atoms with E-state index in [9.17, 15) is 4.79 Å². The fourth-order valence-corrected chi connectivity index (χ4v) is 11.5. The Balaban J connectivity index is 0.965. The van der Waals surface area contributed by atoms with Crippen LogP contribution >= 0.6 is 22.6 Å². The summed E-state index contributed by atoms with van der Waals surface area (Å²) >= 11 is 2.32. The van der Waals surface area contributed by atoms with Gasteiger partial charge in [0.15, 0.2) is 0 Å². The van der Waals surface area contributed by atoms with E-state index in [1.165, 1.54) is 93.5 Å². The van der Waals surface area contributed by atoms with Crippen LogP contribution in [0.2, 0.25) is 0 Å². The molecule has 4 aliphatic carbocycles. The zero-order chi connectivity index (χ0) is 34.1. The van der Waals surface area contributed by atoms with Crippen LogP contribution in [0.4, 0.5) is 0 Å². The van der Waals surface area contributed by atoms with Gasteiger partial charge in [0, 0.05) is 16.4 Å². The lowest BCUT2D eigenvalue weighted by Gasteiger charge is -2.58. The minimum absolute atomic E-state index is 0.0407. The Bertz CT molecular complexity index is 1170. The zero-order valence-electron chi connectivity index (χ0n) is 31.4. The molecule has 0 aromatic heterocycles. The first kappa shape index (κ1) is 38.2. The summed E-state index contributed by atoms with van der Waals surface area (Å²) in [6.45, 7) is 13.4. The number of benzene rings is 1. The summed E-state index contributed by atoms with van der Waals surface area (Å²) in [4.78, 5) is 12.8. The van der Waals surface area contributed by atoms with Gasteiger partial charge in [-0.15, -0.1) is 0 Å². The summed E-state index contributed by atoms with van der Waals surface area (Å²) in [5.74, 6) is 6.24. The number of hydrogen-bond acceptors (Lipinski definition) is 3. The van der Waals surface area contributed by atoms with Crippen LogP contribution in [0, 0.1) is 49.9 Å². The summed E-state index contributed by atoms with van der Waals surface area (Å²) in [5, 5.41) is 0. The topological polar surface area (TPSA) is 35.5 Å². The highest BCUT2D eigenvalue weighted by atomic mass is 127. The predicted octanol–water partition coefficient (Wildman–Crippen LogP) is 13.1. The van der Waals surface area contributed by atoms with E-state index < -0.39 is 0 Å². The van der Waals surface area contributed by atoms with Gasteiger partial charge < -0.3 is 9.47 Å². The molecule has 4 heteroatoms. The Labute approximate surface area is 308 Å². The second-order valence-corrected chi connectivity index (χ2v) is 18.8. The fourth-order valence-electron chi connectivity index (χ4n) is 11.2. The lowest BCUT2D eigenvalue weighted by Crippen LogP contribution is -2.51. The Kier molecular flexibility index (Phi) is 14.3. The van der Waals surface area contributed by atoms with Gasteiger partial charge in [0.2, 0.25) is 0 Å². The number of fused-ring (bicyclic) bond motifs is 5. The monoisotopic (exact) mass is 772 g/mol. The van der Waals surface area contributed by atoms with Crippen molar-refractivity contribution < 1.29 is 14.3 Å². The van der Waals surface area contributed by atoms with E-state index in [0.717, 1.165) is 80.0 Å². The maximum Gasteiger partial charge on any atom is 0.306 e. The van der Waals surface area contributed by atoms with E-state index in [0.29, 0.717) is 17.3 Å². The van der Waals surface area contributed by atoms with Crippen molar-refractivity contribution in [3.8, 4) is 5.75 Å². The molecule has 1 aromatic carbocycles. The van der Waals surface area contributed by atoms with Crippen LogP contribution in [0.3, 0.4) is 0 Å². The van der Waals surface area contributed by atoms with Crippen molar-refractivity contribution in [2.24, 2.45) is 46.3 Å². The molecule has 5 rings (SSSR count). The number of hydrogen-bond donors (Lipinski definition) is 0. The first-order valence-corrected chi connectivity index (χ1v) is 21.5. The third-order valence-electron chi connectivity index (χ3n) is 13.9. The van der Waals surface area contributed by atoms with Crippen molar-refractivity contribution in [1.29, 1.82) is 0 Å². The minimum Gasteiger partial charge on any atom is -0.494 e. The van der Waals surface area contributed by atoms with Crippen LogP contribution in [0.1, 0.15) is 163 Å². The number of esters is 1. The smallest absolute Gasteiger partial charge is 0.306 e. The van der Waals surface area contributed by atoms with Crippen LogP contribution in [-0.4, -0.2) is 18.7 Å². The molecule has 0 heterocycles. The van der Waals surface area contributed by atoms with Crippen molar-refractivity contribution >= 4 is 28.6 Å². The molecule has 48 heavy (non-hydrogen) atoms. The van der Waals surface area contributed by atoms with Crippen molar-refractivity contribution in [3.63, 3.8) is 0 Å². The summed E-state index contributed by atoms with van der Waals surface area (Å²) < 4.78 is 13.2. The zero-order valence-corrected chi connectivity index (χ0v) is 33.5. The first-order chi connectivity index (χ1) is 23.1. The van der Waals surface area contributed by atoms with Gasteiger partial charge in [0.1, 0.15) is 11.9 Å². The van der Waals surface area contributed by atoms with E-state index in [4.69, 9.17) is 9.47 Å². The van der Waals surface area contributed by atoms with Crippen molar-refractivity contribution in [1.82, 2.24) is 0 Å².